The molecule has 0 aliphatic rings. The zero-order chi connectivity index (χ0) is 15.1. The SMILES string of the molecule is O=C(CCCc1ccc(Br)s1)N[C@H](CO)c1ccccc1. The van der Waals surface area contributed by atoms with Gasteiger partial charge >= 0.3 is 0 Å². The van der Waals surface area contributed by atoms with Crippen molar-refractivity contribution in [3.8, 4) is 0 Å². The zero-order valence-corrected chi connectivity index (χ0v) is 14.0. The van der Waals surface area contributed by atoms with Gasteiger partial charge in [-0.1, -0.05) is 30.3 Å². The first-order chi connectivity index (χ1) is 10.2. The van der Waals surface area contributed by atoms with Gasteiger partial charge in [-0.15, -0.1) is 11.3 Å². The van der Waals surface area contributed by atoms with Crippen molar-refractivity contribution in [2.24, 2.45) is 0 Å². The molecule has 0 radical (unpaired) electrons. The van der Waals surface area contributed by atoms with Gasteiger partial charge in [-0.3, -0.25) is 4.79 Å². The summed E-state index contributed by atoms with van der Waals surface area (Å²) in [5.41, 5.74) is 0.926. The first-order valence-corrected chi connectivity index (χ1v) is 8.49. The maximum atomic E-state index is 12.0. The van der Waals surface area contributed by atoms with Crippen LogP contribution >= 0.6 is 27.3 Å². The fraction of sp³-hybridized carbons (Fsp3) is 0.312. The number of hydrogen-bond donors (Lipinski definition) is 2. The van der Waals surface area contributed by atoms with E-state index in [1.807, 2.05) is 36.4 Å². The molecular weight excluding hydrogens is 350 g/mol. The molecule has 112 valence electrons. The predicted octanol–water partition coefficient (Wildman–Crippen LogP) is 3.68. The first-order valence-electron chi connectivity index (χ1n) is 6.88. The van der Waals surface area contributed by atoms with Crippen molar-refractivity contribution in [2.45, 2.75) is 25.3 Å². The Bertz CT molecular complexity index is 571. The smallest absolute Gasteiger partial charge is 0.220 e. The van der Waals surface area contributed by atoms with E-state index in [4.69, 9.17) is 0 Å². The summed E-state index contributed by atoms with van der Waals surface area (Å²) in [5.74, 6) is -0.0199. The lowest BCUT2D eigenvalue weighted by Gasteiger charge is -2.16. The minimum Gasteiger partial charge on any atom is -0.394 e. The Kier molecular flexibility index (Phi) is 6.42. The van der Waals surface area contributed by atoms with E-state index in [2.05, 4.69) is 27.3 Å². The van der Waals surface area contributed by atoms with Crippen molar-refractivity contribution in [3.05, 3.63) is 56.7 Å². The lowest BCUT2D eigenvalue weighted by molar-refractivity contribution is -0.122. The standard InChI is InChI=1S/C16H18BrNO2S/c17-15-10-9-13(21-15)7-4-8-16(20)18-14(11-19)12-5-2-1-3-6-12/h1-3,5-6,9-10,14,19H,4,7-8,11H2,(H,18,20)/t14-/m1/s1. The van der Waals surface area contributed by atoms with Gasteiger partial charge in [-0.25, -0.2) is 0 Å². The van der Waals surface area contributed by atoms with E-state index >= 15 is 0 Å². The van der Waals surface area contributed by atoms with Crippen LogP contribution in [0.2, 0.25) is 0 Å². The molecule has 0 unspecified atom stereocenters. The molecular formula is C16H18BrNO2S. The highest BCUT2D eigenvalue weighted by Crippen LogP contribution is 2.23. The van der Waals surface area contributed by atoms with Gasteiger partial charge in [0, 0.05) is 11.3 Å². The summed E-state index contributed by atoms with van der Waals surface area (Å²) >= 11 is 5.13. The normalized spacial score (nSPS) is 12.1. The van der Waals surface area contributed by atoms with Gasteiger partial charge < -0.3 is 10.4 Å². The maximum absolute atomic E-state index is 12.0. The molecule has 0 spiro atoms. The summed E-state index contributed by atoms with van der Waals surface area (Å²) in [5, 5.41) is 12.3. The molecule has 0 saturated heterocycles. The van der Waals surface area contributed by atoms with E-state index in [-0.39, 0.29) is 18.6 Å². The summed E-state index contributed by atoms with van der Waals surface area (Å²) in [6.45, 7) is -0.0897. The van der Waals surface area contributed by atoms with Crippen LogP contribution < -0.4 is 5.32 Å². The third kappa shape index (κ3) is 5.26. The average Bonchev–Trinajstić information content (AvgIpc) is 2.91. The minimum absolute atomic E-state index is 0.0199. The van der Waals surface area contributed by atoms with Gasteiger partial charge in [0.05, 0.1) is 16.4 Å². The van der Waals surface area contributed by atoms with Crippen molar-refractivity contribution in [1.82, 2.24) is 5.32 Å². The molecule has 21 heavy (non-hydrogen) atoms. The lowest BCUT2D eigenvalue weighted by Crippen LogP contribution is -2.30. The number of aryl methyl sites for hydroxylation is 1. The van der Waals surface area contributed by atoms with Crippen LogP contribution in [0.25, 0.3) is 0 Å². The van der Waals surface area contributed by atoms with Crippen LogP contribution in [0.15, 0.2) is 46.3 Å². The Morgan fingerprint density at radius 1 is 1.24 bits per heavy atom. The molecule has 2 N–H and O–H groups in total. The van der Waals surface area contributed by atoms with Gasteiger partial charge in [-0.2, -0.15) is 0 Å². The third-order valence-corrected chi connectivity index (χ3v) is 4.86. The van der Waals surface area contributed by atoms with Gasteiger partial charge in [0.25, 0.3) is 0 Å². The van der Waals surface area contributed by atoms with Crippen LogP contribution in [-0.2, 0) is 11.2 Å². The second kappa shape index (κ2) is 8.32. The van der Waals surface area contributed by atoms with Gasteiger partial charge in [0.1, 0.15) is 0 Å². The number of aliphatic hydroxyl groups is 1. The monoisotopic (exact) mass is 367 g/mol. The molecule has 1 aromatic carbocycles. The number of aliphatic hydroxyl groups excluding tert-OH is 1. The van der Waals surface area contributed by atoms with Gasteiger partial charge in [-0.05, 0) is 46.5 Å². The Morgan fingerprint density at radius 3 is 2.62 bits per heavy atom. The second-order valence-corrected chi connectivity index (χ2v) is 7.32. The Hall–Kier alpha value is -1.17. The molecule has 0 aliphatic heterocycles. The lowest BCUT2D eigenvalue weighted by atomic mass is 10.1. The fourth-order valence-electron chi connectivity index (χ4n) is 2.10. The molecule has 1 aromatic heterocycles. The largest absolute Gasteiger partial charge is 0.394 e. The number of rotatable bonds is 7. The molecule has 0 bridgehead atoms. The number of carbonyl (C=O) groups excluding carboxylic acids is 1. The average molecular weight is 368 g/mol. The number of halogens is 1. The van der Waals surface area contributed by atoms with Crippen LogP contribution in [0.3, 0.4) is 0 Å². The predicted molar refractivity (Wildman–Crippen MR) is 89.4 cm³/mol. The van der Waals surface area contributed by atoms with Crippen LogP contribution in [-0.4, -0.2) is 17.6 Å². The van der Waals surface area contributed by atoms with Crippen LogP contribution in [0.1, 0.15) is 29.3 Å². The Morgan fingerprint density at radius 2 is 2.00 bits per heavy atom. The fourth-order valence-corrected chi connectivity index (χ4v) is 3.62. The van der Waals surface area contributed by atoms with E-state index in [1.54, 1.807) is 11.3 Å². The van der Waals surface area contributed by atoms with Crippen LogP contribution in [0.5, 0.6) is 0 Å². The zero-order valence-electron chi connectivity index (χ0n) is 11.6. The van der Waals surface area contributed by atoms with Gasteiger partial charge in [0.2, 0.25) is 5.91 Å². The number of thiophene rings is 1. The van der Waals surface area contributed by atoms with Crippen LogP contribution in [0, 0.1) is 0 Å². The summed E-state index contributed by atoms with van der Waals surface area (Å²) in [6, 6.07) is 13.3. The molecule has 3 nitrogen and oxygen atoms in total. The third-order valence-electron chi connectivity index (χ3n) is 3.18. The number of hydrogen-bond acceptors (Lipinski definition) is 3. The van der Waals surface area contributed by atoms with E-state index in [1.165, 1.54) is 4.88 Å². The molecule has 5 heteroatoms. The molecule has 0 saturated carbocycles. The van der Waals surface area contributed by atoms with E-state index in [9.17, 15) is 9.90 Å². The molecule has 1 amide bonds. The highest BCUT2D eigenvalue weighted by atomic mass is 79.9. The molecule has 0 aliphatic carbocycles. The van der Waals surface area contributed by atoms with E-state index in [0.29, 0.717) is 6.42 Å². The molecule has 1 atom stereocenters. The Balaban J connectivity index is 1.78. The van der Waals surface area contributed by atoms with Crippen molar-refractivity contribution in [2.75, 3.05) is 6.61 Å². The highest BCUT2D eigenvalue weighted by Gasteiger charge is 2.13. The van der Waals surface area contributed by atoms with E-state index < -0.39 is 0 Å². The number of nitrogens with one attached hydrogen (secondary N) is 1. The summed E-state index contributed by atoms with van der Waals surface area (Å²) < 4.78 is 1.12. The molecule has 2 aromatic rings. The summed E-state index contributed by atoms with van der Waals surface area (Å²) in [6.07, 6.45) is 2.18. The summed E-state index contributed by atoms with van der Waals surface area (Å²) in [4.78, 5) is 13.2. The summed E-state index contributed by atoms with van der Waals surface area (Å²) in [7, 11) is 0. The topological polar surface area (TPSA) is 49.3 Å². The number of amides is 1. The highest BCUT2D eigenvalue weighted by molar-refractivity contribution is 9.11. The maximum Gasteiger partial charge on any atom is 0.220 e. The van der Waals surface area contributed by atoms with Gasteiger partial charge in [0.15, 0.2) is 0 Å². The van der Waals surface area contributed by atoms with Crippen molar-refractivity contribution in [1.29, 1.82) is 0 Å². The quantitative estimate of drug-likeness (QED) is 0.783. The van der Waals surface area contributed by atoms with Crippen LogP contribution in [0.4, 0.5) is 0 Å². The van der Waals surface area contributed by atoms with Crippen molar-refractivity contribution in [3.63, 3.8) is 0 Å². The number of carbonyl (C=O) groups is 1. The molecule has 1 heterocycles. The van der Waals surface area contributed by atoms with Crippen molar-refractivity contribution < 1.29 is 9.90 Å². The first kappa shape index (κ1) is 16.2. The van der Waals surface area contributed by atoms with Crippen molar-refractivity contribution >= 4 is 33.2 Å². The molecule has 2 rings (SSSR count). The van der Waals surface area contributed by atoms with E-state index in [0.717, 1.165) is 22.2 Å². The Labute approximate surface area is 137 Å². The number of benzene rings is 1. The molecule has 0 fully saturated rings. The minimum atomic E-state index is -0.324. The second-order valence-electron chi connectivity index (χ2n) is 4.77.